The van der Waals surface area contributed by atoms with E-state index in [1.54, 1.807) is 18.2 Å². The molecule has 0 aromatic heterocycles. The summed E-state index contributed by atoms with van der Waals surface area (Å²) in [4.78, 5) is 11.5. The highest BCUT2D eigenvalue weighted by atomic mass is 19.1. The summed E-state index contributed by atoms with van der Waals surface area (Å²) in [6.07, 6.45) is 1.50. The maximum Gasteiger partial charge on any atom is 0.233 e. The van der Waals surface area contributed by atoms with Crippen LogP contribution >= 0.6 is 0 Å². The van der Waals surface area contributed by atoms with Crippen LogP contribution in [0.2, 0.25) is 0 Å². The van der Waals surface area contributed by atoms with Gasteiger partial charge in [0, 0.05) is 12.6 Å². The topological polar surface area (TPSA) is 41.1 Å². The normalized spacial score (nSPS) is 12.2. The number of hydrogen-bond acceptors (Lipinski definition) is 2. The molecular formula is C14H21FN2O. The Kier molecular flexibility index (Phi) is 6.36. The van der Waals surface area contributed by atoms with Crippen LogP contribution in [-0.4, -0.2) is 25.0 Å². The third-order valence-electron chi connectivity index (χ3n) is 2.90. The summed E-state index contributed by atoms with van der Waals surface area (Å²) in [6, 6.07) is 6.96. The van der Waals surface area contributed by atoms with Gasteiger partial charge in [0.25, 0.3) is 0 Å². The molecule has 18 heavy (non-hydrogen) atoms. The predicted octanol–water partition coefficient (Wildman–Crippen LogP) is 1.87. The van der Waals surface area contributed by atoms with Crippen molar-refractivity contribution < 1.29 is 9.18 Å². The minimum absolute atomic E-state index is 0.0494. The summed E-state index contributed by atoms with van der Waals surface area (Å²) in [5.41, 5.74) is 0.632. The molecule has 1 rings (SSSR count). The summed E-state index contributed by atoms with van der Waals surface area (Å²) in [5.74, 6) is -0.267. The lowest BCUT2D eigenvalue weighted by atomic mass is 10.1. The van der Waals surface area contributed by atoms with Crippen LogP contribution in [0.3, 0.4) is 0 Å². The van der Waals surface area contributed by atoms with Crippen LogP contribution < -0.4 is 10.6 Å². The average molecular weight is 252 g/mol. The molecule has 100 valence electrons. The van der Waals surface area contributed by atoms with E-state index in [-0.39, 0.29) is 11.7 Å². The minimum atomic E-state index is -0.218. The molecule has 1 amide bonds. The summed E-state index contributed by atoms with van der Waals surface area (Å²) in [5, 5.41) is 5.88. The van der Waals surface area contributed by atoms with E-state index in [1.165, 1.54) is 6.07 Å². The fourth-order valence-electron chi connectivity index (χ4n) is 1.51. The Bertz CT molecular complexity index is 382. The second-order valence-corrected chi connectivity index (χ2v) is 4.38. The molecule has 0 saturated heterocycles. The van der Waals surface area contributed by atoms with Gasteiger partial charge in [-0.3, -0.25) is 4.79 Å². The molecule has 0 saturated carbocycles. The van der Waals surface area contributed by atoms with Crippen LogP contribution in [0, 0.1) is 5.82 Å². The number of carbonyl (C=O) groups is 1. The number of amides is 1. The average Bonchev–Trinajstić information content (AvgIpc) is 2.38. The van der Waals surface area contributed by atoms with Crippen molar-refractivity contribution in [3.05, 3.63) is 35.6 Å². The van der Waals surface area contributed by atoms with Crippen molar-refractivity contribution in [3.8, 4) is 0 Å². The van der Waals surface area contributed by atoms with Gasteiger partial charge in [-0.15, -0.1) is 0 Å². The Hall–Kier alpha value is -1.42. The molecule has 1 aromatic rings. The highest BCUT2D eigenvalue weighted by Crippen LogP contribution is 2.05. The first-order valence-electron chi connectivity index (χ1n) is 6.37. The second-order valence-electron chi connectivity index (χ2n) is 4.38. The largest absolute Gasteiger partial charge is 0.355 e. The van der Waals surface area contributed by atoms with Crippen molar-refractivity contribution in [1.29, 1.82) is 0 Å². The number of nitrogens with one attached hydrogen (secondary N) is 2. The smallest absolute Gasteiger partial charge is 0.233 e. The standard InChI is InChI=1S/C14H21FN2O/c1-3-11(2)17-10-14(18)16-9-8-12-6-4-5-7-13(12)15/h4-7,11,17H,3,8-10H2,1-2H3,(H,16,18). The van der Waals surface area contributed by atoms with E-state index in [0.717, 1.165) is 6.42 Å². The molecule has 1 atom stereocenters. The van der Waals surface area contributed by atoms with Gasteiger partial charge in [0.1, 0.15) is 5.82 Å². The third kappa shape index (κ3) is 5.27. The predicted molar refractivity (Wildman–Crippen MR) is 70.9 cm³/mol. The Morgan fingerprint density at radius 2 is 2.11 bits per heavy atom. The van der Waals surface area contributed by atoms with Crippen molar-refractivity contribution >= 4 is 5.91 Å². The van der Waals surface area contributed by atoms with Crippen molar-refractivity contribution in [2.24, 2.45) is 0 Å². The monoisotopic (exact) mass is 252 g/mol. The fraction of sp³-hybridized carbons (Fsp3) is 0.500. The first-order chi connectivity index (χ1) is 8.63. The molecule has 0 fully saturated rings. The molecule has 2 N–H and O–H groups in total. The molecule has 0 bridgehead atoms. The highest BCUT2D eigenvalue weighted by molar-refractivity contribution is 5.77. The van der Waals surface area contributed by atoms with Crippen molar-refractivity contribution in [3.63, 3.8) is 0 Å². The number of halogens is 1. The number of carbonyl (C=O) groups excluding carboxylic acids is 1. The van der Waals surface area contributed by atoms with Gasteiger partial charge in [-0.1, -0.05) is 25.1 Å². The van der Waals surface area contributed by atoms with Gasteiger partial charge in [0.15, 0.2) is 0 Å². The lowest BCUT2D eigenvalue weighted by Gasteiger charge is -2.11. The third-order valence-corrected chi connectivity index (χ3v) is 2.90. The number of rotatable bonds is 7. The number of benzene rings is 1. The molecular weight excluding hydrogens is 231 g/mol. The van der Waals surface area contributed by atoms with Gasteiger partial charge in [0.05, 0.1) is 6.54 Å². The summed E-state index contributed by atoms with van der Waals surface area (Å²) in [7, 11) is 0. The van der Waals surface area contributed by atoms with Crippen LogP contribution in [0.1, 0.15) is 25.8 Å². The molecule has 0 heterocycles. The van der Waals surface area contributed by atoms with Crippen LogP contribution in [0.25, 0.3) is 0 Å². The van der Waals surface area contributed by atoms with E-state index in [2.05, 4.69) is 17.6 Å². The van der Waals surface area contributed by atoms with Crippen molar-refractivity contribution in [1.82, 2.24) is 10.6 Å². The summed E-state index contributed by atoms with van der Waals surface area (Å²) >= 11 is 0. The number of hydrogen-bond donors (Lipinski definition) is 2. The zero-order valence-corrected chi connectivity index (χ0v) is 11.0. The first kappa shape index (κ1) is 14.6. The molecule has 1 aromatic carbocycles. The minimum Gasteiger partial charge on any atom is -0.355 e. The van der Waals surface area contributed by atoms with Crippen LogP contribution in [0.4, 0.5) is 4.39 Å². The Morgan fingerprint density at radius 1 is 1.39 bits per heavy atom. The van der Waals surface area contributed by atoms with E-state index in [1.807, 2.05) is 6.92 Å². The lowest BCUT2D eigenvalue weighted by Crippen LogP contribution is -2.38. The van der Waals surface area contributed by atoms with Crippen molar-refractivity contribution in [2.45, 2.75) is 32.7 Å². The van der Waals surface area contributed by atoms with E-state index in [9.17, 15) is 9.18 Å². The maximum absolute atomic E-state index is 13.3. The van der Waals surface area contributed by atoms with E-state index in [0.29, 0.717) is 31.1 Å². The van der Waals surface area contributed by atoms with Gasteiger partial charge in [-0.25, -0.2) is 4.39 Å². The second kappa shape index (κ2) is 7.82. The van der Waals surface area contributed by atoms with E-state index < -0.39 is 0 Å². The summed E-state index contributed by atoms with van der Waals surface area (Å²) in [6.45, 7) is 4.87. The molecule has 0 radical (unpaired) electrons. The molecule has 0 aliphatic carbocycles. The molecule has 0 aliphatic heterocycles. The SMILES string of the molecule is CCC(C)NCC(=O)NCCc1ccccc1F. The van der Waals surface area contributed by atoms with E-state index in [4.69, 9.17) is 0 Å². The molecule has 0 spiro atoms. The van der Waals surface area contributed by atoms with E-state index >= 15 is 0 Å². The van der Waals surface area contributed by atoms with Gasteiger partial charge >= 0.3 is 0 Å². The summed E-state index contributed by atoms with van der Waals surface area (Å²) < 4.78 is 13.3. The fourth-order valence-corrected chi connectivity index (χ4v) is 1.51. The Morgan fingerprint density at radius 3 is 2.78 bits per heavy atom. The van der Waals surface area contributed by atoms with Crippen LogP contribution in [0.5, 0.6) is 0 Å². The molecule has 0 aliphatic rings. The zero-order chi connectivity index (χ0) is 13.4. The van der Waals surface area contributed by atoms with Gasteiger partial charge < -0.3 is 10.6 Å². The molecule has 1 unspecified atom stereocenters. The molecule has 3 nitrogen and oxygen atoms in total. The maximum atomic E-state index is 13.3. The highest BCUT2D eigenvalue weighted by Gasteiger charge is 2.04. The van der Waals surface area contributed by atoms with Crippen molar-refractivity contribution in [2.75, 3.05) is 13.1 Å². The Labute approximate surface area is 108 Å². The van der Waals surface area contributed by atoms with Gasteiger partial charge in [-0.05, 0) is 31.4 Å². The first-order valence-corrected chi connectivity index (χ1v) is 6.37. The molecule has 4 heteroatoms. The Balaban J connectivity index is 2.22. The zero-order valence-electron chi connectivity index (χ0n) is 11.0. The van der Waals surface area contributed by atoms with Crippen LogP contribution in [-0.2, 0) is 11.2 Å². The quantitative estimate of drug-likeness (QED) is 0.778. The lowest BCUT2D eigenvalue weighted by molar-refractivity contribution is -0.120. The van der Waals surface area contributed by atoms with Gasteiger partial charge in [-0.2, -0.15) is 0 Å². The van der Waals surface area contributed by atoms with Gasteiger partial charge in [0.2, 0.25) is 5.91 Å². The van der Waals surface area contributed by atoms with Crippen LogP contribution in [0.15, 0.2) is 24.3 Å².